The Morgan fingerprint density at radius 3 is 2.62 bits per heavy atom. The largest absolute Gasteiger partial charge is 0.315 e. The number of rotatable bonds is 2. The summed E-state index contributed by atoms with van der Waals surface area (Å²) in [5, 5.41) is 9.96. The monoisotopic (exact) mass is 208 g/mol. The average Bonchev–Trinajstić information content (AvgIpc) is 2.02. The van der Waals surface area contributed by atoms with Crippen LogP contribution >= 0.6 is 11.6 Å². The number of nitro groups is 1. The van der Waals surface area contributed by atoms with E-state index in [1.807, 2.05) is 0 Å². The van der Waals surface area contributed by atoms with Gasteiger partial charge in [-0.05, 0) is 6.07 Å². The molecule has 13 heavy (non-hydrogen) atoms. The fourth-order valence-corrected chi connectivity index (χ4v) is 1.01. The Morgan fingerprint density at radius 2 is 2.23 bits per heavy atom. The van der Waals surface area contributed by atoms with Crippen LogP contribution in [0, 0.1) is 10.1 Å². The first-order valence-electron chi connectivity index (χ1n) is 3.11. The highest BCUT2D eigenvalue weighted by Crippen LogP contribution is 2.32. The van der Waals surface area contributed by atoms with Gasteiger partial charge in [-0.25, -0.2) is 13.8 Å². The first kappa shape index (κ1) is 9.79. The molecule has 7 heteroatoms. The molecular formula is C6H3ClF2N2O2. The summed E-state index contributed by atoms with van der Waals surface area (Å²) in [7, 11) is 0. The molecule has 0 spiro atoms. The molecule has 0 N–H and O–H groups in total. The van der Waals surface area contributed by atoms with Gasteiger partial charge in [-0.15, -0.1) is 0 Å². The lowest BCUT2D eigenvalue weighted by Gasteiger charge is -2.00. The van der Waals surface area contributed by atoms with Crippen LogP contribution in [0.5, 0.6) is 0 Å². The molecule has 0 atom stereocenters. The van der Waals surface area contributed by atoms with Crippen LogP contribution in [-0.4, -0.2) is 9.91 Å². The molecule has 0 fully saturated rings. The highest BCUT2D eigenvalue weighted by molar-refractivity contribution is 6.32. The van der Waals surface area contributed by atoms with Crippen molar-refractivity contribution >= 4 is 17.3 Å². The maximum atomic E-state index is 12.1. The van der Waals surface area contributed by atoms with Crippen molar-refractivity contribution in [1.82, 2.24) is 4.98 Å². The van der Waals surface area contributed by atoms with Gasteiger partial charge in [-0.3, -0.25) is 10.1 Å². The molecule has 1 aromatic rings. The molecule has 0 radical (unpaired) electrons. The van der Waals surface area contributed by atoms with Crippen LogP contribution in [0.25, 0.3) is 0 Å². The van der Waals surface area contributed by atoms with Crippen LogP contribution in [0.2, 0.25) is 5.02 Å². The summed E-state index contributed by atoms with van der Waals surface area (Å²) >= 11 is 5.35. The zero-order valence-corrected chi connectivity index (χ0v) is 6.83. The molecule has 1 aromatic heterocycles. The van der Waals surface area contributed by atoms with E-state index < -0.39 is 22.7 Å². The van der Waals surface area contributed by atoms with Crippen LogP contribution in [0.3, 0.4) is 0 Å². The van der Waals surface area contributed by atoms with Crippen LogP contribution < -0.4 is 0 Å². The summed E-state index contributed by atoms with van der Waals surface area (Å²) in [6, 6.07) is 1.09. The van der Waals surface area contributed by atoms with E-state index >= 15 is 0 Å². The van der Waals surface area contributed by atoms with E-state index in [2.05, 4.69) is 4.98 Å². The molecule has 4 nitrogen and oxygen atoms in total. The first-order valence-corrected chi connectivity index (χ1v) is 3.48. The topological polar surface area (TPSA) is 56.0 Å². The van der Waals surface area contributed by atoms with E-state index in [-0.39, 0.29) is 5.02 Å². The smallest absolute Gasteiger partial charge is 0.258 e. The fourth-order valence-electron chi connectivity index (χ4n) is 0.786. The van der Waals surface area contributed by atoms with Crippen LogP contribution in [0.4, 0.5) is 14.5 Å². The Kier molecular flexibility index (Phi) is 2.72. The molecule has 1 rings (SSSR count). The Bertz CT molecular complexity index is 345. The minimum atomic E-state index is -3.00. The molecule has 0 aliphatic carbocycles. The van der Waals surface area contributed by atoms with Crippen molar-refractivity contribution in [2.45, 2.75) is 6.43 Å². The molecular weight excluding hydrogens is 206 g/mol. The summed E-state index contributed by atoms with van der Waals surface area (Å²) in [6.07, 6.45) is -2.00. The summed E-state index contributed by atoms with van der Waals surface area (Å²) in [5.74, 6) is 0. The van der Waals surface area contributed by atoms with E-state index in [1.54, 1.807) is 0 Å². The summed E-state index contributed by atoms with van der Waals surface area (Å²) in [5.41, 5.74) is -1.74. The molecule has 0 saturated heterocycles. The summed E-state index contributed by atoms with van der Waals surface area (Å²) in [6.45, 7) is 0. The number of hydrogen-bond donors (Lipinski definition) is 0. The predicted octanol–water partition coefficient (Wildman–Crippen LogP) is 2.58. The van der Waals surface area contributed by atoms with Crippen LogP contribution in [0.1, 0.15) is 12.1 Å². The van der Waals surface area contributed by atoms with Crippen molar-refractivity contribution in [3.8, 4) is 0 Å². The van der Waals surface area contributed by atoms with Gasteiger partial charge in [0, 0.05) is 6.20 Å². The molecule has 0 saturated carbocycles. The van der Waals surface area contributed by atoms with Crippen molar-refractivity contribution in [3.63, 3.8) is 0 Å². The fraction of sp³-hybridized carbons (Fsp3) is 0.167. The average molecular weight is 209 g/mol. The number of hydrogen-bond acceptors (Lipinski definition) is 3. The van der Waals surface area contributed by atoms with Crippen molar-refractivity contribution in [2.75, 3.05) is 0 Å². The van der Waals surface area contributed by atoms with Gasteiger partial charge in [0.25, 0.3) is 6.43 Å². The van der Waals surface area contributed by atoms with Crippen LogP contribution in [-0.2, 0) is 0 Å². The molecule has 1 heterocycles. The number of alkyl halides is 2. The maximum absolute atomic E-state index is 12.1. The Labute approximate surface area is 76.3 Å². The lowest BCUT2D eigenvalue weighted by Crippen LogP contribution is -1.99. The van der Waals surface area contributed by atoms with E-state index in [4.69, 9.17) is 11.6 Å². The predicted molar refractivity (Wildman–Crippen MR) is 40.9 cm³/mol. The summed E-state index contributed by atoms with van der Waals surface area (Å²) in [4.78, 5) is 12.5. The molecule has 0 aromatic carbocycles. The van der Waals surface area contributed by atoms with E-state index in [9.17, 15) is 18.9 Å². The minimum Gasteiger partial charge on any atom is -0.258 e. The van der Waals surface area contributed by atoms with Gasteiger partial charge >= 0.3 is 5.69 Å². The number of halogens is 3. The van der Waals surface area contributed by atoms with Crippen molar-refractivity contribution in [1.29, 1.82) is 0 Å². The third kappa shape index (κ3) is 1.89. The zero-order chi connectivity index (χ0) is 10.0. The minimum absolute atomic E-state index is 0.338. The molecule has 0 aliphatic rings. The first-order chi connectivity index (χ1) is 6.04. The third-order valence-electron chi connectivity index (χ3n) is 1.29. The van der Waals surface area contributed by atoms with E-state index in [0.717, 1.165) is 12.3 Å². The van der Waals surface area contributed by atoms with Gasteiger partial charge in [-0.1, -0.05) is 11.6 Å². The summed E-state index contributed by atoms with van der Waals surface area (Å²) < 4.78 is 24.3. The second kappa shape index (κ2) is 3.61. The van der Waals surface area contributed by atoms with Crippen molar-refractivity contribution in [3.05, 3.63) is 33.1 Å². The highest BCUT2D eigenvalue weighted by Gasteiger charge is 2.26. The maximum Gasteiger partial charge on any atom is 0.315 e. The van der Waals surface area contributed by atoms with Crippen molar-refractivity contribution < 1.29 is 13.7 Å². The second-order valence-corrected chi connectivity index (χ2v) is 2.49. The molecule has 0 amide bonds. The molecule has 70 valence electrons. The molecule has 0 aliphatic heterocycles. The lowest BCUT2D eigenvalue weighted by molar-refractivity contribution is -0.386. The SMILES string of the molecule is O=[N+]([O-])c1c(Cl)ccnc1C(F)F. The Balaban J connectivity index is 3.34. The van der Waals surface area contributed by atoms with Gasteiger partial charge in [0.05, 0.1) is 4.92 Å². The van der Waals surface area contributed by atoms with Gasteiger partial charge in [-0.2, -0.15) is 0 Å². The number of pyridine rings is 1. The van der Waals surface area contributed by atoms with E-state index in [1.165, 1.54) is 0 Å². The lowest BCUT2D eigenvalue weighted by atomic mass is 10.3. The molecule has 0 bridgehead atoms. The number of nitrogens with zero attached hydrogens (tertiary/aromatic N) is 2. The zero-order valence-electron chi connectivity index (χ0n) is 6.08. The number of aromatic nitrogens is 1. The second-order valence-electron chi connectivity index (χ2n) is 2.08. The molecule has 0 unspecified atom stereocenters. The normalized spacial score (nSPS) is 10.5. The van der Waals surface area contributed by atoms with Gasteiger partial charge in [0.2, 0.25) is 0 Å². The van der Waals surface area contributed by atoms with Gasteiger partial charge in [0.1, 0.15) is 5.02 Å². The van der Waals surface area contributed by atoms with Crippen molar-refractivity contribution in [2.24, 2.45) is 0 Å². The van der Waals surface area contributed by atoms with E-state index in [0.29, 0.717) is 0 Å². The van der Waals surface area contributed by atoms with Gasteiger partial charge in [0.15, 0.2) is 5.69 Å². The van der Waals surface area contributed by atoms with Gasteiger partial charge < -0.3 is 0 Å². The Morgan fingerprint density at radius 1 is 1.62 bits per heavy atom. The third-order valence-corrected chi connectivity index (χ3v) is 1.60. The Hall–Kier alpha value is -1.30. The van der Waals surface area contributed by atoms with Crippen LogP contribution in [0.15, 0.2) is 12.3 Å². The quantitative estimate of drug-likeness (QED) is 0.554. The standard InChI is InChI=1S/C6H3ClF2N2O2/c7-3-1-2-10-4(6(8)9)5(3)11(12)13/h1-2,6H. The highest BCUT2D eigenvalue weighted by atomic mass is 35.5.